The average Bonchev–Trinajstić information content (AvgIpc) is 3.34. The van der Waals surface area contributed by atoms with Crippen LogP contribution in [0.1, 0.15) is 68.6 Å². The van der Waals surface area contributed by atoms with E-state index in [1.165, 1.54) is 0 Å². The number of methoxy groups -OCH3 is 1. The van der Waals surface area contributed by atoms with E-state index in [4.69, 9.17) is 4.74 Å². The summed E-state index contributed by atoms with van der Waals surface area (Å²) in [6.07, 6.45) is 5.91. The summed E-state index contributed by atoms with van der Waals surface area (Å²) < 4.78 is 7.04. The number of amides is 2. The first-order valence-electron chi connectivity index (χ1n) is 13.8. The number of halogens is 1. The van der Waals surface area contributed by atoms with Crippen molar-refractivity contribution in [1.29, 1.82) is 0 Å². The minimum atomic E-state index is -0.0740. The van der Waals surface area contributed by atoms with E-state index in [-0.39, 0.29) is 36.3 Å². The van der Waals surface area contributed by atoms with Gasteiger partial charge in [0.25, 0.3) is 5.91 Å². The Bertz CT molecular complexity index is 1030. The predicted molar refractivity (Wildman–Crippen MR) is 150 cm³/mol. The summed E-state index contributed by atoms with van der Waals surface area (Å²) in [4.78, 5) is 30.8. The van der Waals surface area contributed by atoms with Crippen LogP contribution in [0.25, 0.3) is 5.69 Å². The van der Waals surface area contributed by atoms with Crippen molar-refractivity contribution in [1.82, 2.24) is 30.1 Å². The zero-order valence-corrected chi connectivity index (χ0v) is 23.8. The van der Waals surface area contributed by atoms with Gasteiger partial charge in [0.05, 0.1) is 11.4 Å². The topological polar surface area (TPSA) is 92.6 Å². The van der Waals surface area contributed by atoms with Crippen molar-refractivity contribution < 1.29 is 14.3 Å². The van der Waals surface area contributed by atoms with Crippen molar-refractivity contribution in [3.05, 3.63) is 41.7 Å². The molecule has 10 heteroatoms. The molecule has 9 nitrogen and oxygen atoms in total. The van der Waals surface area contributed by atoms with Gasteiger partial charge in [0.15, 0.2) is 5.69 Å². The Kier molecular flexibility index (Phi) is 11.6. The summed E-state index contributed by atoms with van der Waals surface area (Å²) in [7, 11) is 1.71. The molecule has 3 heterocycles. The highest BCUT2D eigenvalue weighted by Gasteiger charge is 2.36. The second kappa shape index (κ2) is 14.6. The van der Waals surface area contributed by atoms with E-state index in [1.807, 2.05) is 44.8 Å². The average molecular weight is 547 g/mol. The highest BCUT2D eigenvalue weighted by Crippen LogP contribution is 2.24. The molecule has 0 radical (unpaired) electrons. The summed E-state index contributed by atoms with van der Waals surface area (Å²) in [5, 5.41) is 12.4. The van der Waals surface area contributed by atoms with Crippen LogP contribution in [0, 0.1) is 5.92 Å². The number of ether oxygens (including phenoxy) is 1. The second-order valence-corrected chi connectivity index (χ2v) is 10.7. The third kappa shape index (κ3) is 7.33. The molecule has 1 N–H and O–H groups in total. The van der Waals surface area contributed by atoms with Crippen LogP contribution in [0.2, 0.25) is 0 Å². The number of carbonyl (C=O) groups is 2. The summed E-state index contributed by atoms with van der Waals surface area (Å²) in [5.41, 5.74) is 2.17. The molecule has 210 valence electrons. The molecule has 2 amide bonds. The zero-order chi connectivity index (χ0) is 26.2. The number of piperidine rings is 2. The number of carbonyl (C=O) groups excluding carboxylic acids is 2. The zero-order valence-electron chi connectivity index (χ0n) is 23.0. The lowest BCUT2D eigenvalue weighted by atomic mass is 9.96. The normalized spacial score (nSPS) is 19.9. The Balaban J connectivity index is 0.00000400. The number of hydrogen-bond donors (Lipinski definition) is 1. The van der Waals surface area contributed by atoms with E-state index in [2.05, 4.69) is 29.5 Å². The van der Waals surface area contributed by atoms with Gasteiger partial charge in [0, 0.05) is 58.4 Å². The van der Waals surface area contributed by atoms with E-state index in [0.29, 0.717) is 44.1 Å². The molecular weight excluding hydrogens is 504 g/mol. The van der Waals surface area contributed by atoms with E-state index < -0.39 is 0 Å². The molecule has 1 aromatic heterocycles. The van der Waals surface area contributed by atoms with Crippen LogP contribution in [-0.4, -0.2) is 88.6 Å². The molecule has 4 rings (SSSR count). The fourth-order valence-corrected chi connectivity index (χ4v) is 5.52. The van der Waals surface area contributed by atoms with Gasteiger partial charge in [-0.2, -0.15) is 0 Å². The third-order valence-electron chi connectivity index (χ3n) is 7.35. The number of para-hydroxylation sites is 1. The molecule has 38 heavy (non-hydrogen) atoms. The van der Waals surface area contributed by atoms with Gasteiger partial charge in [0.1, 0.15) is 0 Å². The lowest BCUT2D eigenvalue weighted by Crippen LogP contribution is -2.59. The molecule has 2 aliphatic rings. The highest BCUT2D eigenvalue weighted by atomic mass is 35.5. The van der Waals surface area contributed by atoms with Gasteiger partial charge in [-0.05, 0) is 56.6 Å². The van der Waals surface area contributed by atoms with Gasteiger partial charge in [-0.1, -0.05) is 37.3 Å². The number of rotatable bonds is 11. The van der Waals surface area contributed by atoms with Gasteiger partial charge < -0.3 is 19.9 Å². The molecule has 1 aromatic carbocycles. The summed E-state index contributed by atoms with van der Waals surface area (Å²) >= 11 is 0. The minimum Gasteiger partial charge on any atom is -0.385 e. The number of aromatic nitrogens is 3. The molecular formula is C28H43ClN6O3. The van der Waals surface area contributed by atoms with Crippen LogP contribution in [0.4, 0.5) is 0 Å². The van der Waals surface area contributed by atoms with E-state index in [1.54, 1.807) is 7.11 Å². The molecule has 0 unspecified atom stereocenters. The van der Waals surface area contributed by atoms with Crippen molar-refractivity contribution in [2.45, 2.75) is 70.9 Å². The predicted octanol–water partition coefficient (Wildman–Crippen LogP) is 3.50. The van der Waals surface area contributed by atoms with Crippen LogP contribution in [-0.2, 0) is 16.0 Å². The van der Waals surface area contributed by atoms with Crippen molar-refractivity contribution >= 4 is 24.2 Å². The van der Waals surface area contributed by atoms with Crippen LogP contribution in [0.3, 0.4) is 0 Å². The molecule has 0 bridgehead atoms. The Morgan fingerprint density at radius 2 is 1.97 bits per heavy atom. The van der Waals surface area contributed by atoms with E-state index >= 15 is 0 Å². The fourth-order valence-electron chi connectivity index (χ4n) is 5.52. The Morgan fingerprint density at radius 1 is 1.18 bits per heavy atom. The largest absolute Gasteiger partial charge is 0.385 e. The van der Waals surface area contributed by atoms with Crippen LogP contribution >= 0.6 is 12.4 Å². The first-order chi connectivity index (χ1) is 18.0. The molecule has 2 saturated heterocycles. The maximum atomic E-state index is 14.2. The van der Waals surface area contributed by atoms with Crippen molar-refractivity contribution in [3.8, 4) is 5.69 Å². The first kappa shape index (κ1) is 30.1. The Labute approximate surface area is 232 Å². The standard InChI is InChI=1S/C28H42N6O3.ClH/c1-21(2)20-33(24-17-23(18-29-19-24)32-15-9-7-14-26(32)35)28(36)27-25(13-8-10-16-37-3)34(31-30-27)22-11-5-4-6-12-22;/h4-6,11-12,21,23-24,29H,7-10,13-20H2,1-3H3;1H/t23-,24+;/m1./s1. The van der Waals surface area contributed by atoms with Gasteiger partial charge >= 0.3 is 0 Å². The summed E-state index contributed by atoms with van der Waals surface area (Å²) in [6, 6.07) is 9.97. The third-order valence-corrected chi connectivity index (χ3v) is 7.35. The van der Waals surface area contributed by atoms with Crippen LogP contribution in [0.5, 0.6) is 0 Å². The highest BCUT2D eigenvalue weighted by molar-refractivity contribution is 5.93. The fraction of sp³-hybridized carbons (Fsp3) is 0.643. The lowest BCUT2D eigenvalue weighted by molar-refractivity contribution is -0.136. The Morgan fingerprint density at radius 3 is 2.68 bits per heavy atom. The quantitative estimate of drug-likeness (QED) is 0.434. The molecule has 2 fully saturated rings. The van der Waals surface area contributed by atoms with Gasteiger partial charge in [0.2, 0.25) is 5.91 Å². The van der Waals surface area contributed by atoms with Crippen LogP contribution < -0.4 is 5.32 Å². The molecule has 2 aromatic rings. The monoisotopic (exact) mass is 546 g/mol. The van der Waals surface area contributed by atoms with Gasteiger partial charge in [-0.3, -0.25) is 9.59 Å². The minimum absolute atomic E-state index is 0. The van der Waals surface area contributed by atoms with Crippen molar-refractivity contribution in [3.63, 3.8) is 0 Å². The smallest absolute Gasteiger partial charge is 0.276 e. The molecule has 2 atom stereocenters. The Hall–Kier alpha value is -2.49. The SMILES string of the molecule is COCCCCc1c(C(=O)N(CC(C)C)[C@@H]2CNC[C@H](N3CCCCC3=O)C2)nnn1-c1ccccc1.Cl. The van der Waals surface area contributed by atoms with E-state index in [0.717, 1.165) is 56.6 Å². The number of nitrogens with one attached hydrogen (secondary N) is 1. The second-order valence-electron chi connectivity index (χ2n) is 10.7. The summed E-state index contributed by atoms with van der Waals surface area (Å²) in [6.45, 7) is 7.89. The lowest BCUT2D eigenvalue weighted by Gasteiger charge is -2.43. The van der Waals surface area contributed by atoms with Crippen molar-refractivity contribution in [2.75, 3.05) is 39.9 Å². The molecule has 0 spiro atoms. The molecule has 0 aliphatic carbocycles. The maximum absolute atomic E-state index is 14.2. The number of benzene rings is 1. The molecule has 2 aliphatic heterocycles. The van der Waals surface area contributed by atoms with Crippen molar-refractivity contribution in [2.24, 2.45) is 5.92 Å². The maximum Gasteiger partial charge on any atom is 0.276 e. The number of hydrogen-bond acceptors (Lipinski definition) is 6. The van der Waals surface area contributed by atoms with Gasteiger partial charge in [-0.15, -0.1) is 17.5 Å². The first-order valence-corrected chi connectivity index (χ1v) is 13.8. The van der Waals surface area contributed by atoms with Gasteiger partial charge in [-0.25, -0.2) is 4.68 Å². The van der Waals surface area contributed by atoms with E-state index in [9.17, 15) is 9.59 Å². The summed E-state index contributed by atoms with van der Waals surface area (Å²) in [5.74, 6) is 0.467. The van der Waals surface area contributed by atoms with Crippen LogP contribution in [0.15, 0.2) is 30.3 Å². The number of nitrogens with zero attached hydrogens (tertiary/aromatic N) is 5. The number of likely N-dealkylation sites (tertiary alicyclic amines) is 1. The molecule has 0 saturated carbocycles. The number of unbranched alkanes of at least 4 members (excludes halogenated alkanes) is 1.